The van der Waals surface area contributed by atoms with Gasteiger partial charge in [0.15, 0.2) is 0 Å². The lowest BCUT2D eigenvalue weighted by molar-refractivity contribution is 0.476. The molecule has 3 N–H and O–H groups in total. The number of phenolic OH excluding ortho intramolecular Hbond substituents is 1. The van der Waals surface area contributed by atoms with E-state index in [-0.39, 0.29) is 11.3 Å². The molecule has 0 aliphatic carbocycles. The topological polar surface area (TPSA) is 68.2 Å². The first-order valence-electron chi connectivity index (χ1n) is 5.15. The Hall–Kier alpha value is -1.81. The molecule has 0 fully saturated rings. The van der Waals surface area contributed by atoms with Gasteiger partial charge in [0.1, 0.15) is 5.75 Å². The highest BCUT2D eigenvalue weighted by molar-refractivity contribution is 5.84. The normalized spacial score (nSPS) is 10.9. The summed E-state index contributed by atoms with van der Waals surface area (Å²) in [5.74, 6) is 0.199. The molecule has 1 aromatic heterocycles. The number of phenols is 1. The predicted octanol–water partition coefficient (Wildman–Crippen LogP) is 0.745. The van der Waals surface area contributed by atoms with Crippen LogP contribution in [0.2, 0.25) is 0 Å². The molecule has 2 rings (SSSR count). The van der Waals surface area contributed by atoms with E-state index in [1.165, 1.54) is 0 Å². The van der Waals surface area contributed by atoms with Crippen molar-refractivity contribution >= 4 is 10.9 Å². The number of fused-ring (bicyclic) bond motifs is 1. The Balaban J connectivity index is 2.84. The third kappa shape index (κ3) is 1.67. The lowest BCUT2D eigenvalue weighted by atomic mass is 10.1. The number of hydrogen-bond donors (Lipinski definition) is 2. The van der Waals surface area contributed by atoms with Crippen LogP contribution in [0.1, 0.15) is 5.56 Å². The fourth-order valence-corrected chi connectivity index (χ4v) is 1.88. The molecule has 0 aliphatic rings. The number of benzene rings is 1. The van der Waals surface area contributed by atoms with E-state index in [9.17, 15) is 9.90 Å². The third-order valence-electron chi connectivity index (χ3n) is 2.73. The van der Waals surface area contributed by atoms with Crippen LogP contribution in [0, 0.1) is 0 Å². The average molecular weight is 218 g/mol. The Morgan fingerprint density at radius 2 is 2.12 bits per heavy atom. The highest BCUT2D eigenvalue weighted by Gasteiger charge is 2.06. The Bertz CT molecular complexity index is 587. The Morgan fingerprint density at radius 3 is 2.81 bits per heavy atom. The summed E-state index contributed by atoms with van der Waals surface area (Å²) in [7, 11) is 1.72. The minimum atomic E-state index is -0.0540. The summed E-state index contributed by atoms with van der Waals surface area (Å²) in [6.07, 6.45) is 0.635. The van der Waals surface area contributed by atoms with Crippen molar-refractivity contribution in [2.75, 3.05) is 6.54 Å². The molecule has 4 nitrogen and oxygen atoms in total. The first-order chi connectivity index (χ1) is 7.63. The van der Waals surface area contributed by atoms with Gasteiger partial charge in [0.05, 0.1) is 5.52 Å². The van der Waals surface area contributed by atoms with Crippen molar-refractivity contribution in [2.24, 2.45) is 12.8 Å². The van der Waals surface area contributed by atoms with Crippen LogP contribution in [-0.4, -0.2) is 16.2 Å². The maximum Gasteiger partial charge on any atom is 0.251 e. The van der Waals surface area contributed by atoms with Gasteiger partial charge in [-0.2, -0.15) is 0 Å². The Labute approximate surface area is 92.9 Å². The molecule has 0 saturated carbocycles. The molecule has 16 heavy (non-hydrogen) atoms. The van der Waals surface area contributed by atoms with Crippen molar-refractivity contribution in [3.63, 3.8) is 0 Å². The summed E-state index contributed by atoms with van der Waals surface area (Å²) < 4.78 is 1.56. The molecule has 4 heteroatoms. The van der Waals surface area contributed by atoms with Crippen molar-refractivity contribution < 1.29 is 5.11 Å². The molecule has 0 atom stereocenters. The van der Waals surface area contributed by atoms with Gasteiger partial charge >= 0.3 is 0 Å². The van der Waals surface area contributed by atoms with E-state index in [0.29, 0.717) is 13.0 Å². The zero-order valence-corrected chi connectivity index (χ0v) is 9.10. The molecule has 0 saturated heterocycles. The molecule has 0 spiro atoms. The summed E-state index contributed by atoms with van der Waals surface area (Å²) in [6.45, 7) is 0.484. The average Bonchev–Trinajstić information content (AvgIpc) is 2.26. The number of nitrogens with zero attached hydrogens (tertiary/aromatic N) is 1. The smallest absolute Gasteiger partial charge is 0.251 e. The van der Waals surface area contributed by atoms with Crippen LogP contribution in [0.3, 0.4) is 0 Å². The van der Waals surface area contributed by atoms with Gasteiger partial charge in [-0.25, -0.2) is 0 Å². The molecule has 0 radical (unpaired) electrons. The second-order valence-electron chi connectivity index (χ2n) is 3.81. The van der Waals surface area contributed by atoms with Gasteiger partial charge in [0, 0.05) is 18.5 Å². The van der Waals surface area contributed by atoms with E-state index < -0.39 is 0 Å². The van der Waals surface area contributed by atoms with Crippen LogP contribution < -0.4 is 11.3 Å². The quantitative estimate of drug-likeness (QED) is 0.781. The van der Waals surface area contributed by atoms with Crippen LogP contribution in [-0.2, 0) is 13.5 Å². The number of aromatic nitrogens is 1. The van der Waals surface area contributed by atoms with Crippen molar-refractivity contribution in [3.05, 3.63) is 40.2 Å². The predicted molar refractivity (Wildman–Crippen MR) is 63.6 cm³/mol. The standard InChI is InChI=1S/C12H14N2O2/c1-14-11-3-2-9(15)7-10(11)8(4-5-13)6-12(14)16/h2-3,6-7,15H,4-5,13H2,1H3. The van der Waals surface area contributed by atoms with Gasteiger partial charge in [-0.1, -0.05) is 0 Å². The van der Waals surface area contributed by atoms with Gasteiger partial charge in [0.2, 0.25) is 0 Å². The van der Waals surface area contributed by atoms with E-state index >= 15 is 0 Å². The van der Waals surface area contributed by atoms with Crippen LogP contribution in [0.5, 0.6) is 5.75 Å². The Kier molecular flexibility index (Phi) is 2.66. The van der Waals surface area contributed by atoms with E-state index in [4.69, 9.17) is 5.73 Å². The zero-order chi connectivity index (χ0) is 11.7. The number of pyridine rings is 1. The summed E-state index contributed by atoms with van der Waals surface area (Å²) in [6, 6.07) is 6.56. The van der Waals surface area contributed by atoms with E-state index in [0.717, 1.165) is 16.5 Å². The summed E-state index contributed by atoms with van der Waals surface area (Å²) >= 11 is 0. The van der Waals surface area contributed by atoms with Crippen LogP contribution in [0.25, 0.3) is 10.9 Å². The first-order valence-corrected chi connectivity index (χ1v) is 5.15. The highest BCUT2D eigenvalue weighted by Crippen LogP contribution is 2.21. The SMILES string of the molecule is Cn1c(=O)cc(CCN)c2cc(O)ccc21. The van der Waals surface area contributed by atoms with Crippen molar-refractivity contribution in [2.45, 2.75) is 6.42 Å². The van der Waals surface area contributed by atoms with Crippen molar-refractivity contribution in [1.29, 1.82) is 0 Å². The van der Waals surface area contributed by atoms with Gasteiger partial charge in [-0.05, 0) is 36.7 Å². The third-order valence-corrected chi connectivity index (χ3v) is 2.73. The second kappa shape index (κ2) is 3.98. The lowest BCUT2D eigenvalue weighted by Crippen LogP contribution is -2.18. The largest absolute Gasteiger partial charge is 0.508 e. The van der Waals surface area contributed by atoms with Crippen LogP contribution in [0.15, 0.2) is 29.1 Å². The highest BCUT2D eigenvalue weighted by atomic mass is 16.3. The van der Waals surface area contributed by atoms with Crippen molar-refractivity contribution in [3.8, 4) is 5.75 Å². The Morgan fingerprint density at radius 1 is 1.38 bits per heavy atom. The fourth-order valence-electron chi connectivity index (χ4n) is 1.88. The number of aryl methyl sites for hydroxylation is 1. The fraction of sp³-hybridized carbons (Fsp3) is 0.250. The van der Waals surface area contributed by atoms with Gasteiger partial charge in [-0.3, -0.25) is 4.79 Å². The van der Waals surface area contributed by atoms with Gasteiger partial charge in [-0.15, -0.1) is 0 Å². The number of nitrogens with two attached hydrogens (primary N) is 1. The maximum atomic E-state index is 11.7. The molecule has 0 aliphatic heterocycles. The van der Waals surface area contributed by atoms with E-state index in [2.05, 4.69) is 0 Å². The summed E-state index contributed by atoms with van der Waals surface area (Å²) in [5.41, 5.74) is 7.15. The monoisotopic (exact) mass is 218 g/mol. The molecule has 0 amide bonds. The molecular formula is C12H14N2O2. The zero-order valence-electron chi connectivity index (χ0n) is 9.10. The molecular weight excluding hydrogens is 204 g/mol. The van der Waals surface area contributed by atoms with E-state index in [1.54, 1.807) is 35.9 Å². The molecule has 0 bridgehead atoms. The molecule has 2 aromatic rings. The first kappa shape index (κ1) is 10.7. The molecule has 1 aromatic carbocycles. The number of hydrogen-bond acceptors (Lipinski definition) is 3. The second-order valence-corrected chi connectivity index (χ2v) is 3.81. The molecule has 1 heterocycles. The van der Waals surface area contributed by atoms with Crippen LogP contribution in [0.4, 0.5) is 0 Å². The molecule has 0 unspecified atom stereocenters. The number of rotatable bonds is 2. The van der Waals surface area contributed by atoms with Crippen LogP contribution >= 0.6 is 0 Å². The summed E-state index contributed by atoms with van der Waals surface area (Å²) in [5, 5.41) is 10.3. The van der Waals surface area contributed by atoms with Gasteiger partial charge < -0.3 is 15.4 Å². The minimum Gasteiger partial charge on any atom is -0.508 e. The van der Waals surface area contributed by atoms with E-state index in [1.807, 2.05) is 0 Å². The minimum absolute atomic E-state index is 0.0540. The lowest BCUT2D eigenvalue weighted by Gasteiger charge is -2.09. The number of aromatic hydroxyl groups is 1. The molecule has 84 valence electrons. The maximum absolute atomic E-state index is 11.7. The van der Waals surface area contributed by atoms with Gasteiger partial charge in [0.25, 0.3) is 5.56 Å². The summed E-state index contributed by atoms with van der Waals surface area (Å²) in [4.78, 5) is 11.7. The van der Waals surface area contributed by atoms with Crippen molar-refractivity contribution in [1.82, 2.24) is 4.57 Å².